The minimum atomic E-state index is -0.0617. The van der Waals surface area contributed by atoms with E-state index in [1.54, 1.807) is 24.1 Å². The number of fused-ring (bicyclic) bond motifs is 1. The van der Waals surface area contributed by atoms with Crippen molar-refractivity contribution >= 4 is 17.5 Å². The molecule has 0 atom stereocenters. The van der Waals surface area contributed by atoms with Crippen LogP contribution >= 0.6 is 0 Å². The summed E-state index contributed by atoms with van der Waals surface area (Å²) in [6.07, 6.45) is 2.30. The second-order valence-corrected chi connectivity index (χ2v) is 7.46. The molecular weight excluding hydrogens is 368 g/mol. The number of carbonyl (C=O) groups is 2. The van der Waals surface area contributed by atoms with E-state index in [-0.39, 0.29) is 24.3 Å². The lowest BCUT2D eigenvalue weighted by molar-refractivity contribution is -0.136. The van der Waals surface area contributed by atoms with Gasteiger partial charge in [-0.05, 0) is 43.0 Å². The number of amides is 2. The molecule has 1 fully saturated rings. The Hall–Kier alpha value is -3.02. The molecule has 0 aromatic heterocycles. The lowest BCUT2D eigenvalue weighted by Crippen LogP contribution is -2.45. The van der Waals surface area contributed by atoms with Crippen LogP contribution in [0.25, 0.3) is 0 Å². The summed E-state index contributed by atoms with van der Waals surface area (Å²) in [6, 6.07) is 15.4. The number of benzene rings is 2. The standard InChI is InChI=1S/C23H26N2O4/c1-28-20-8-4-5-9-21(20)29-16-22(26)24-13-10-18(11-14-24)23(27)25-15-12-17-6-2-3-7-19(17)25/h2-9,18H,10-16H2,1H3. The molecule has 0 radical (unpaired) electrons. The van der Waals surface area contributed by atoms with Crippen molar-refractivity contribution in [2.45, 2.75) is 19.3 Å². The maximum atomic E-state index is 13.0. The lowest BCUT2D eigenvalue weighted by Gasteiger charge is -2.33. The molecule has 6 heteroatoms. The third kappa shape index (κ3) is 4.06. The smallest absolute Gasteiger partial charge is 0.260 e. The van der Waals surface area contributed by atoms with Gasteiger partial charge in [0, 0.05) is 31.2 Å². The molecule has 1 saturated heterocycles. The van der Waals surface area contributed by atoms with Crippen molar-refractivity contribution < 1.29 is 19.1 Å². The van der Waals surface area contributed by atoms with Crippen LogP contribution in [0.2, 0.25) is 0 Å². The Kier molecular flexibility index (Phi) is 5.69. The first-order valence-corrected chi connectivity index (χ1v) is 10.1. The minimum Gasteiger partial charge on any atom is -0.493 e. The molecule has 4 rings (SSSR count). The first-order chi connectivity index (χ1) is 14.2. The van der Waals surface area contributed by atoms with Crippen molar-refractivity contribution in [3.8, 4) is 11.5 Å². The van der Waals surface area contributed by atoms with Gasteiger partial charge < -0.3 is 19.3 Å². The van der Waals surface area contributed by atoms with Gasteiger partial charge >= 0.3 is 0 Å². The van der Waals surface area contributed by atoms with E-state index in [2.05, 4.69) is 6.07 Å². The second-order valence-electron chi connectivity index (χ2n) is 7.46. The number of nitrogens with zero attached hydrogens (tertiary/aromatic N) is 2. The van der Waals surface area contributed by atoms with Crippen LogP contribution in [0.1, 0.15) is 18.4 Å². The highest BCUT2D eigenvalue weighted by atomic mass is 16.5. The summed E-state index contributed by atoms with van der Waals surface area (Å²) >= 11 is 0. The Balaban J connectivity index is 1.29. The number of ether oxygens (including phenoxy) is 2. The van der Waals surface area contributed by atoms with E-state index in [9.17, 15) is 9.59 Å². The zero-order valence-electron chi connectivity index (χ0n) is 16.7. The first-order valence-electron chi connectivity index (χ1n) is 10.1. The van der Waals surface area contributed by atoms with E-state index in [1.807, 2.05) is 35.2 Å². The number of piperidine rings is 1. The third-order valence-corrected chi connectivity index (χ3v) is 5.77. The van der Waals surface area contributed by atoms with E-state index in [4.69, 9.17) is 9.47 Å². The van der Waals surface area contributed by atoms with Crippen LogP contribution < -0.4 is 14.4 Å². The van der Waals surface area contributed by atoms with Gasteiger partial charge in [-0.1, -0.05) is 30.3 Å². The van der Waals surface area contributed by atoms with Crippen LogP contribution in [0.5, 0.6) is 11.5 Å². The Bertz CT molecular complexity index is 890. The van der Waals surface area contributed by atoms with Gasteiger partial charge in [0.25, 0.3) is 5.91 Å². The fourth-order valence-corrected chi connectivity index (χ4v) is 4.13. The predicted octanol–water partition coefficient (Wildman–Crippen LogP) is 2.90. The van der Waals surface area contributed by atoms with Crippen molar-refractivity contribution in [3.63, 3.8) is 0 Å². The maximum Gasteiger partial charge on any atom is 0.260 e. The number of para-hydroxylation sites is 3. The van der Waals surface area contributed by atoms with Crippen LogP contribution in [-0.4, -0.2) is 50.1 Å². The summed E-state index contributed by atoms with van der Waals surface area (Å²) in [7, 11) is 1.57. The molecule has 2 aromatic rings. The molecule has 29 heavy (non-hydrogen) atoms. The van der Waals surface area contributed by atoms with Crippen molar-refractivity contribution in [2.75, 3.05) is 38.3 Å². The molecule has 0 unspecified atom stereocenters. The number of carbonyl (C=O) groups excluding carboxylic acids is 2. The highest BCUT2D eigenvalue weighted by Crippen LogP contribution is 2.31. The third-order valence-electron chi connectivity index (χ3n) is 5.77. The molecule has 0 spiro atoms. The molecule has 2 aliphatic rings. The monoisotopic (exact) mass is 394 g/mol. The van der Waals surface area contributed by atoms with Crippen LogP contribution in [0, 0.1) is 5.92 Å². The molecular formula is C23H26N2O4. The number of methoxy groups -OCH3 is 1. The van der Waals surface area contributed by atoms with Gasteiger partial charge in [-0.25, -0.2) is 0 Å². The van der Waals surface area contributed by atoms with Crippen molar-refractivity contribution in [3.05, 3.63) is 54.1 Å². The molecule has 0 saturated carbocycles. The highest BCUT2D eigenvalue weighted by molar-refractivity contribution is 5.97. The second kappa shape index (κ2) is 8.55. The molecule has 0 aliphatic carbocycles. The van der Waals surface area contributed by atoms with Gasteiger partial charge in [0.05, 0.1) is 7.11 Å². The zero-order chi connectivity index (χ0) is 20.2. The van der Waals surface area contributed by atoms with Crippen LogP contribution in [0.15, 0.2) is 48.5 Å². The van der Waals surface area contributed by atoms with Crippen LogP contribution in [0.4, 0.5) is 5.69 Å². The molecule has 152 valence electrons. The van der Waals surface area contributed by atoms with Gasteiger partial charge in [0.15, 0.2) is 18.1 Å². The summed E-state index contributed by atoms with van der Waals surface area (Å²) in [4.78, 5) is 29.2. The fraction of sp³-hybridized carbons (Fsp3) is 0.391. The number of likely N-dealkylation sites (tertiary alicyclic amines) is 1. The van der Waals surface area contributed by atoms with Gasteiger partial charge in [-0.15, -0.1) is 0 Å². The molecule has 0 bridgehead atoms. The maximum absolute atomic E-state index is 13.0. The highest BCUT2D eigenvalue weighted by Gasteiger charge is 2.33. The number of anilines is 1. The van der Waals surface area contributed by atoms with Crippen molar-refractivity contribution in [2.24, 2.45) is 5.92 Å². The molecule has 2 aliphatic heterocycles. The summed E-state index contributed by atoms with van der Waals surface area (Å²) in [5, 5.41) is 0. The Morgan fingerprint density at radius 2 is 1.66 bits per heavy atom. The van der Waals surface area contributed by atoms with Crippen molar-refractivity contribution in [1.82, 2.24) is 4.90 Å². The lowest BCUT2D eigenvalue weighted by atomic mass is 9.95. The van der Waals surface area contributed by atoms with Crippen LogP contribution in [0.3, 0.4) is 0 Å². The number of hydrogen-bond donors (Lipinski definition) is 0. The van der Waals surface area contributed by atoms with E-state index >= 15 is 0 Å². The molecule has 0 N–H and O–H groups in total. The molecule has 6 nitrogen and oxygen atoms in total. The quantitative estimate of drug-likeness (QED) is 0.783. The normalized spacial score (nSPS) is 16.4. The van der Waals surface area contributed by atoms with E-state index in [0.717, 1.165) is 18.7 Å². The summed E-state index contributed by atoms with van der Waals surface area (Å²) < 4.78 is 10.9. The van der Waals surface area contributed by atoms with E-state index < -0.39 is 0 Å². The summed E-state index contributed by atoms with van der Waals surface area (Å²) in [5.41, 5.74) is 2.28. The van der Waals surface area contributed by atoms with Gasteiger partial charge in [-0.2, -0.15) is 0 Å². The average Bonchev–Trinajstić information content (AvgIpc) is 3.21. The average molecular weight is 394 g/mol. The Labute approximate surface area is 171 Å². The topological polar surface area (TPSA) is 59.1 Å². The van der Waals surface area contributed by atoms with Gasteiger partial charge in [-0.3, -0.25) is 9.59 Å². The van der Waals surface area contributed by atoms with E-state index in [1.165, 1.54) is 5.56 Å². The van der Waals surface area contributed by atoms with Gasteiger partial charge in [0.2, 0.25) is 5.91 Å². The van der Waals surface area contributed by atoms with Gasteiger partial charge in [0.1, 0.15) is 0 Å². The summed E-state index contributed by atoms with van der Waals surface area (Å²) in [5.74, 6) is 1.26. The van der Waals surface area contributed by atoms with E-state index in [0.29, 0.717) is 37.4 Å². The first kappa shape index (κ1) is 19.3. The zero-order valence-corrected chi connectivity index (χ0v) is 16.7. The molecule has 2 heterocycles. The predicted molar refractivity (Wildman–Crippen MR) is 110 cm³/mol. The minimum absolute atomic E-state index is 0.0275. The Morgan fingerprint density at radius 3 is 2.41 bits per heavy atom. The molecule has 2 amide bonds. The number of rotatable bonds is 5. The summed E-state index contributed by atoms with van der Waals surface area (Å²) in [6.45, 7) is 1.89. The Morgan fingerprint density at radius 1 is 0.966 bits per heavy atom. The fourth-order valence-electron chi connectivity index (χ4n) is 4.13. The van der Waals surface area contributed by atoms with Crippen LogP contribution in [-0.2, 0) is 16.0 Å². The SMILES string of the molecule is COc1ccccc1OCC(=O)N1CCC(C(=O)N2CCc3ccccc32)CC1. The van der Waals surface area contributed by atoms with Crippen molar-refractivity contribution in [1.29, 1.82) is 0 Å². The number of hydrogen-bond acceptors (Lipinski definition) is 4. The largest absolute Gasteiger partial charge is 0.493 e. The molecule has 2 aromatic carbocycles.